The number of amides is 1. The highest BCUT2D eigenvalue weighted by Gasteiger charge is 2.13. The highest BCUT2D eigenvalue weighted by molar-refractivity contribution is 6.31. The van der Waals surface area contributed by atoms with E-state index in [1.807, 2.05) is 13.0 Å². The summed E-state index contributed by atoms with van der Waals surface area (Å²) in [7, 11) is 0. The number of halogens is 1. The first kappa shape index (κ1) is 16.2. The van der Waals surface area contributed by atoms with Crippen molar-refractivity contribution in [3.8, 4) is 5.69 Å². The number of aryl methyl sites for hydroxylation is 1. The zero-order valence-corrected chi connectivity index (χ0v) is 14.6. The number of benzene rings is 2. The molecule has 2 heterocycles. The van der Waals surface area contributed by atoms with E-state index in [-0.39, 0.29) is 5.91 Å². The summed E-state index contributed by atoms with van der Waals surface area (Å²) >= 11 is 6.09. The summed E-state index contributed by atoms with van der Waals surface area (Å²) < 4.78 is 3.33. The van der Waals surface area contributed by atoms with Crippen LogP contribution in [0.25, 0.3) is 16.7 Å². The van der Waals surface area contributed by atoms with Gasteiger partial charge in [0.15, 0.2) is 0 Å². The Morgan fingerprint density at radius 1 is 1.23 bits per heavy atom. The van der Waals surface area contributed by atoms with Gasteiger partial charge in [-0.25, -0.2) is 14.3 Å². The summed E-state index contributed by atoms with van der Waals surface area (Å²) in [6, 6.07) is 10.5. The third kappa shape index (κ3) is 2.91. The van der Waals surface area contributed by atoms with Crippen LogP contribution < -0.4 is 5.32 Å². The van der Waals surface area contributed by atoms with E-state index in [1.54, 1.807) is 46.0 Å². The van der Waals surface area contributed by atoms with Gasteiger partial charge in [-0.3, -0.25) is 4.79 Å². The fraction of sp³-hybridized carbons (Fsp3) is 0.118. The maximum atomic E-state index is 12.7. The standard InChI is InChI=1S/C17H14ClN7O/c1-2-24-16-5-3-11(7-14(16)22-23-24)17(26)21-13-8-12(18)4-6-15(13)25-10-19-9-20-25/h3-10H,2H2,1H3,(H,21,26). The summed E-state index contributed by atoms with van der Waals surface area (Å²) in [4.78, 5) is 16.6. The number of anilines is 1. The maximum absolute atomic E-state index is 12.7. The van der Waals surface area contributed by atoms with Gasteiger partial charge in [0.1, 0.15) is 18.2 Å². The van der Waals surface area contributed by atoms with E-state index in [0.717, 1.165) is 5.52 Å². The van der Waals surface area contributed by atoms with Crippen molar-refractivity contribution in [1.29, 1.82) is 0 Å². The molecule has 4 aromatic rings. The molecule has 4 rings (SSSR count). The fourth-order valence-electron chi connectivity index (χ4n) is 2.68. The first-order chi connectivity index (χ1) is 12.7. The largest absolute Gasteiger partial charge is 0.320 e. The van der Waals surface area contributed by atoms with Crippen LogP contribution in [0.4, 0.5) is 5.69 Å². The minimum atomic E-state index is -0.276. The van der Waals surface area contributed by atoms with Gasteiger partial charge >= 0.3 is 0 Å². The number of aromatic nitrogens is 6. The van der Waals surface area contributed by atoms with Gasteiger partial charge in [-0.05, 0) is 43.3 Å². The van der Waals surface area contributed by atoms with Crippen molar-refractivity contribution in [2.45, 2.75) is 13.5 Å². The molecule has 0 saturated carbocycles. The molecule has 0 fully saturated rings. The normalized spacial score (nSPS) is 11.0. The van der Waals surface area contributed by atoms with Crippen LogP contribution in [0.15, 0.2) is 49.1 Å². The Balaban J connectivity index is 1.67. The molecule has 0 bridgehead atoms. The molecule has 9 heteroatoms. The molecule has 0 aliphatic carbocycles. The molecule has 2 aromatic heterocycles. The molecule has 0 saturated heterocycles. The summed E-state index contributed by atoms with van der Waals surface area (Å²) in [6.07, 6.45) is 2.97. The predicted octanol–water partition coefficient (Wildman–Crippen LogP) is 2.94. The van der Waals surface area contributed by atoms with Gasteiger partial charge in [-0.1, -0.05) is 16.8 Å². The number of fused-ring (bicyclic) bond motifs is 1. The monoisotopic (exact) mass is 367 g/mol. The Kier molecular flexibility index (Phi) is 4.10. The van der Waals surface area contributed by atoms with Crippen LogP contribution in [0.2, 0.25) is 5.02 Å². The lowest BCUT2D eigenvalue weighted by atomic mass is 10.1. The lowest BCUT2D eigenvalue weighted by molar-refractivity contribution is 0.102. The van der Waals surface area contributed by atoms with Crippen molar-refractivity contribution in [2.75, 3.05) is 5.32 Å². The Hall–Kier alpha value is -3.26. The second-order valence-electron chi connectivity index (χ2n) is 5.56. The number of nitrogens with zero attached hydrogens (tertiary/aromatic N) is 6. The lowest BCUT2D eigenvalue weighted by Gasteiger charge is -2.11. The van der Waals surface area contributed by atoms with Crippen molar-refractivity contribution in [2.24, 2.45) is 0 Å². The molecule has 0 atom stereocenters. The number of carbonyl (C=O) groups is 1. The molecule has 8 nitrogen and oxygen atoms in total. The van der Waals surface area contributed by atoms with Crippen molar-refractivity contribution < 1.29 is 4.79 Å². The molecular weight excluding hydrogens is 354 g/mol. The molecule has 1 amide bonds. The molecule has 0 unspecified atom stereocenters. The number of hydrogen-bond acceptors (Lipinski definition) is 5. The molecule has 26 heavy (non-hydrogen) atoms. The summed E-state index contributed by atoms with van der Waals surface area (Å²) in [6.45, 7) is 2.70. The van der Waals surface area contributed by atoms with Crippen LogP contribution in [0.3, 0.4) is 0 Å². The fourth-order valence-corrected chi connectivity index (χ4v) is 2.85. The van der Waals surface area contributed by atoms with Gasteiger partial charge in [-0.15, -0.1) is 5.10 Å². The highest BCUT2D eigenvalue weighted by Crippen LogP contribution is 2.25. The van der Waals surface area contributed by atoms with Crippen LogP contribution in [-0.4, -0.2) is 35.7 Å². The van der Waals surface area contributed by atoms with Gasteiger partial charge in [0, 0.05) is 17.1 Å². The third-order valence-electron chi connectivity index (χ3n) is 3.95. The van der Waals surface area contributed by atoms with Crippen molar-refractivity contribution in [3.63, 3.8) is 0 Å². The van der Waals surface area contributed by atoms with E-state index < -0.39 is 0 Å². The lowest BCUT2D eigenvalue weighted by Crippen LogP contribution is -2.14. The maximum Gasteiger partial charge on any atom is 0.255 e. The predicted molar refractivity (Wildman–Crippen MR) is 97.5 cm³/mol. The van der Waals surface area contributed by atoms with Crippen LogP contribution in [0, 0.1) is 0 Å². The molecule has 1 N–H and O–H groups in total. The van der Waals surface area contributed by atoms with Gasteiger partial charge in [0.05, 0.1) is 16.9 Å². The summed E-state index contributed by atoms with van der Waals surface area (Å²) in [5.74, 6) is -0.276. The number of nitrogens with one attached hydrogen (secondary N) is 1. The van der Waals surface area contributed by atoms with Crippen molar-refractivity contribution in [3.05, 3.63) is 59.6 Å². The smallest absolute Gasteiger partial charge is 0.255 e. The molecular formula is C17H14ClN7O. The summed E-state index contributed by atoms with van der Waals surface area (Å²) in [5.41, 5.74) is 3.23. The average Bonchev–Trinajstić information content (AvgIpc) is 3.30. The Labute approximate surface area is 153 Å². The van der Waals surface area contributed by atoms with Crippen LogP contribution in [0.1, 0.15) is 17.3 Å². The molecule has 0 aliphatic heterocycles. The minimum Gasteiger partial charge on any atom is -0.320 e. The Bertz CT molecular complexity index is 1090. The second-order valence-corrected chi connectivity index (χ2v) is 6.00. The summed E-state index contributed by atoms with van der Waals surface area (Å²) in [5, 5.41) is 15.6. The van der Waals surface area contributed by atoms with E-state index in [0.29, 0.717) is 34.0 Å². The molecule has 0 aliphatic rings. The number of hydrogen-bond donors (Lipinski definition) is 1. The van der Waals surface area contributed by atoms with Gasteiger partial charge in [0.2, 0.25) is 0 Å². The minimum absolute atomic E-state index is 0.276. The Morgan fingerprint density at radius 2 is 2.12 bits per heavy atom. The molecule has 0 spiro atoms. The van der Waals surface area contributed by atoms with Crippen molar-refractivity contribution in [1.82, 2.24) is 29.8 Å². The van der Waals surface area contributed by atoms with Crippen LogP contribution in [-0.2, 0) is 6.54 Å². The highest BCUT2D eigenvalue weighted by atomic mass is 35.5. The van der Waals surface area contributed by atoms with E-state index in [1.165, 1.54) is 6.33 Å². The first-order valence-corrected chi connectivity index (χ1v) is 8.32. The molecule has 130 valence electrons. The molecule has 0 radical (unpaired) electrons. The van der Waals surface area contributed by atoms with E-state index in [4.69, 9.17) is 11.6 Å². The molecule has 2 aromatic carbocycles. The SMILES string of the molecule is CCn1nnc2cc(C(=O)Nc3cc(Cl)ccc3-n3cncn3)ccc21. The Morgan fingerprint density at radius 3 is 2.88 bits per heavy atom. The topological polar surface area (TPSA) is 90.5 Å². The van der Waals surface area contributed by atoms with Gasteiger partial charge in [0.25, 0.3) is 5.91 Å². The number of rotatable bonds is 4. The first-order valence-electron chi connectivity index (χ1n) is 7.95. The zero-order valence-electron chi connectivity index (χ0n) is 13.8. The van der Waals surface area contributed by atoms with E-state index in [2.05, 4.69) is 25.7 Å². The average molecular weight is 368 g/mol. The van der Waals surface area contributed by atoms with E-state index >= 15 is 0 Å². The van der Waals surface area contributed by atoms with Crippen molar-refractivity contribution >= 4 is 34.2 Å². The zero-order chi connectivity index (χ0) is 18.1. The quantitative estimate of drug-likeness (QED) is 0.599. The van der Waals surface area contributed by atoms with Gasteiger partial charge < -0.3 is 5.32 Å². The van der Waals surface area contributed by atoms with Crippen LogP contribution in [0.5, 0.6) is 0 Å². The second kappa shape index (κ2) is 6.57. The number of carbonyl (C=O) groups excluding carboxylic acids is 1. The van der Waals surface area contributed by atoms with E-state index in [9.17, 15) is 4.79 Å². The third-order valence-corrected chi connectivity index (χ3v) is 4.18. The van der Waals surface area contributed by atoms with Crippen LogP contribution >= 0.6 is 11.6 Å². The van der Waals surface area contributed by atoms with Gasteiger partial charge in [-0.2, -0.15) is 5.10 Å².